The van der Waals surface area contributed by atoms with Gasteiger partial charge in [0.2, 0.25) is 0 Å². The Bertz CT molecular complexity index is 3230. The van der Waals surface area contributed by atoms with Crippen molar-refractivity contribution in [2.24, 2.45) is 0 Å². The van der Waals surface area contributed by atoms with Crippen LogP contribution in [-0.2, 0) is 5.41 Å². The molecule has 0 saturated carbocycles. The van der Waals surface area contributed by atoms with E-state index in [1.165, 1.54) is 89.0 Å². The summed E-state index contributed by atoms with van der Waals surface area (Å²) in [6, 6.07) is 91.8. The molecule has 1 nitrogen and oxygen atoms in total. The number of hydrogen-bond donors (Lipinski definition) is 0. The maximum Gasteiger partial charge on any atom is 0.0714 e. The van der Waals surface area contributed by atoms with Gasteiger partial charge < -0.3 is 4.90 Å². The minimum atomic E-state index is -0.518. The normalized spacial score (nSPS) is 12.6. The molecule has 0 N–H and O–H groups in total. The number of benzene rings is 10. The van der Waals surface area contributed by atoms with Crippen LogP contribution < -0.4 is 4.90 Å². The van der Waals surface area contributed by atoms with Crippen molar-refractivity contribution < 1.29 is 0 Å². The third kappa shape index (κ3) is 5.49. The molecule has 0 amide bonds. The first-order valence-electron chi connectivity index (χ1n) is 21.5. The van der Waals surface area contributed by atoms with Crippen molar-refractivity contribution >= 4 is 17.1 Å². The zero-order valence-corrected chi connectivity index (χ0v) is 34.1. The van der Waals surface area contributed by atoms with Crippen LogP contribution in [0, 0.1) is 0 Å². The fourth-order valence-corrected chi connectivity index (χ4v) is 10.5. The molecule has 0 fully saturated rings. The molecule has 0 aromatic heterocycles. The number of anilines is 3. The topological polar surface area (TPSA) is 3.24 Å². The molecule has 1 heteroatoms. The van der Waals surface area contributed by atoms with Crippen LogP contribution in [0.4, 0.5) is 17.1 Å². The van der Waals surface area contributed by atoms with Gasteiger partial charge in [-0.2, -0.15) is 0 Å². The van der Waals surface area contributed by atoms with E-state index in [0.29, 0.717) is 0 Å². The SMILES string of the molecule is c1ccc(-c2ccc(N(c3ccc4c(c3)-c3ccccc3-c3ccccc3-c3ccccc3-4)c3cccc4c3-c3ccccc3C4(c3ccccc3)c3ccccc3)cc2)cc1. The lowest BCUT2D eigenvalue weighted by Crippen LogP contribution is -2.28. The van der Waals surface area contributed by atoms with Gasteiger partial charge in [0.25, 0.3) is 0 Å². The minimum absolute atomic E-state index is 0.518. The predicted molar refractivity (Wildman–Crippen MR) is 259 cm³/mol. The molecule has 290 valence electrons. The molecule has 0 saturated heterocycles. The van der Waals surface area contributed by atoms with Crippen molar-refractivity contribution in [1.29, 1.82) is 0 Å². The van der Waals surface area contributed by atoms with Crippen LogP contribution in [0.15, 0.2) is 249 Å². The zero-order chi connectivity index (χ0) is 41.0. The molecule has 0 atom stereocenters. The van der Waals surface area contributed by atoms with Crippen molar-refractivity contribution in [3.63, 3.8) is 0 Å². The molecule has 0 unspecified atom stereocenters. The second kappa shape index (κ2) is 14.6. The van der Waals surface area contributed by atoms with Crippen molar-refractivity contribution in [2.75, 3.05) is 4.90 Å². The highest BCUT2D eigenvalue weighted by Gasteiger charge is 2.47. The van der Waals surface area contributed by atoms with Gasteiger partial charge in [-0.25, -0.2) is 0 Å². The van der Waals surface area contributed by atoms with Crippen molar-refractivity contribution in [3.05, 3.63) is 271 Å². The Morgan fingerprint density at radius 1 is 0.258 bits per heavy atom. The maximum atomic E-state index is 2.50. The quantitative estimate of drug-likeness (QED) is 0.162. The van der Waals surface area contributed by atoms with Crippen LogP contribution in [0.25, 0.3) is 66.8 Å². The average Bonchev–Trinajstić information content (AvgIpc) is 3.66. The Balaban J connectivity index is 1.15. The molecule has 0 heterocycles. The summed E-state index contributed by atoms with van der Waals surface area (Å²) < 4.78 is 0. The molecular formula is C61H41N. The van der Waals surface area contributed by atoms with Gasteiger partial charge >= 0.3 is 0 Å². The number of hydrogen-bond acceptors (Lipinski definition) is 1. The van der Waals surface area contributed by atoms with Crippen molar-refractivity contribution in [3.8, 4) is 66.8 Å². The molecule has 10 aromatic carbocycles. The first-order valence-corrected chi connectivity index (χ1v) is 21.5. The van der Waals surface area contributed by atoms with Crippen LogP contribution in [0.3, 0.4) is 0 Å². The Morgan fingerprint density at radius 3 is 1.21 bits per heavy atom. The van der Waals surface area contributed by atoms with Crippen LogP contribution in [0.1, 0.15) is 22.3 Å². The zero-order valence-electron chi connectivity index (χ0n) is 34.1. The number of rotatable bonds is 6. The average molecular weight is 788 g/mol. The highest BCUT2D eigenvalue weighted by Crippen LogP contribution is 2.60. The second-order valence-corrected chi connectivity index (χ2v) is 16.3. The van der Waals surface area contributed by atoms with E-state index in [-0.39, 0.29) is 0 Å². The van der Waals surface area contributed by atoms with Crippen molar-refractivity contribution in [2.45, 2.75) is 5.41 Å². The summed E-state index contributed by atoms with van der Waals surface area (Å²) in [5.74, 6) is 0. The van der Waals surface area contributed by atoms with Gasteiger partial charge in [0.1, 0.15) is 0 Å². The molecule has 12 rings (SSSR count). The summed E-state index contributed by atoms with van der Waals surface area (Å²) in [5, 5.41) is 0. The van der Waals surface area contributed by atoms with E-state index in [1.807, 2.05) is 0 Å². The third-order valence-corrected chi connectivity index (χ3v) is 13.1. The van der Waals surface area contributed by atoms with E-state index < -0.39 is 5.41 Å². The lowest BCUT2D eigenvalue weighted by Gasteiger charge is -2.34. The molecule has 2 aliphatic carbocycles. The summed E-state index contributed by atoms with van der Waals surface area (Å²) in [6.45, 7) is 0. The predicted octanol–water partition coefficient (Wildman–Crippen LogP) is 16.2. The van der Waals surface area contributed by atoms with Gasteiger partial charge in [0.15, 0.2) is 0 Å². The molecule has 0 aliphatic heterocycles. The summed E-state index contributed by atoms with van der Waals surface area (Å²) in [6.07, 6.45) is 0. The largest absolute Gasteiger partial charge is 0.310 e. The summed E-state index contributed by atoms with van der Waals surface area (Å²) in [4.78, 5) is 2.50. The number of nitrogens with zero attached hydrogens (tertiary/aromatic N) is 1. The van der Waals surface area contributed by atoms with Gasteiger partial charge in [-0.15, -0.1) is 0 Å². The van der Waals surface area contributed by atoms with Gasteiger partial charge in [-0.05, 0) is 114 Å². The number of fused-ring (bicyclic) bond motifs is 11. The van der Waals surface area contributed by atoms with Gasteiger partial charge in [0, 0.05) is 16.9 Å². The van der Waals surface area contributed by atoms with E-state index in [1.54, 1.807) is 0 Å². The van der Waals surface area contributed by atoms with Gasteiger partial charge in [0.05, 0.1) is 11.1 Å². The third-order valence-electron chi connectivity index (χ3n) is 13.1. The standard InChI is InChI=1S/C61H41N/c1-4-19-42(20-5-1)43-35-37-46(38-36-43)62(47-39-40-54-52-29-13-12-27-50(52)48-25-10-11-26-49(48)51-28-14-15-30-53(51)56(54)41-47)59-34-18-33-58-60(59)55-31-16-17-32-57(55)61(58,44-21-6-2-7-22-44)45-23-8-3-9-24-45/h1-41H. The monoisotopic (exact) mass is 787 g/mol. The Hall–Kier alpha value is -8.00. The van der Waals surface area contributed by atoms with E-state index in [0.717, 1.165) is 17.1 Å². The minimum Gasteiger partial charge on any atom is -0.310 e. The van der Waals surface area contributed by atoms with E-state index in [2.05, 4.69) is 254 Å². The first kappa shape index (κ1) is 35.9. The van der Waals surface area contributed by atoms with Crippen LogP contribution in [0.5, 0.6) is 0 Å². The molecule has 10 aromatic rings. The molecule has 0 spiro atoms. The fraction of sp³-hybridized carbons (Fsp3) is 0.0164. The summed E-state index contributed by atoms with van der Waals surface area (Å²) in [5.41, 5.74) is 22.7. The van der Waals surface area contributed by atoms with Crippen LogP contribution in [0.2, 0.25) is 0 Å². The molecule has 2 aliphatic rings. The summed E-state index contributed by atoms with van der Waals surface area (Å²) in [7, 11) is 0. The molecule has 0 bridgehead atoms. The fourth-order valence-electron chi connectivity index (χ4n) is 10.5. The highest BCUT2D eigenvalue weighted by molar-refractivity contribution is 6.05. The second-order valence-electron chi connectivity index (χ2n) is 16.3. The van der Waals surface area contributed by atoms with Crippen LogP contribution >= 0.6 is 0 Å². The Kier molecular flexibility index (Phi) is 8.47. The molecular weight excluding hydrogens is 747 g/mol. The Morgan fingerprint density at radius 2 is 0.661 bits per heavy atom. The van der Waals surface area contributed by atoms with E-state index in [4.69, 9.17) is 0 Å². The molecule has 62 heavy (non-hydrogen) atoms. The lowest BCUT2D eigenvalue weighted by molar-refractivity contribution is 0.768. The molecule has 0 radical (unpaired) electrons. The first-order chi connectivity index (χ1) is 30.8. The maximum absolute atomic E-state index is 2.50. The summed E-state index contributed by atoms with van der Waals surface area (Å²) >= 11 is 0. The highest BCUT2D eigenvalue weighted by atomic mass is 15.1. The smallest absolute Gasteiger partial charge is 0.0714 e. The van der Waals surface area contributed by atoms with E-state index >= 15 is 0 Å². The lowest BCUT2D eigenvalue weighted by atomic mass is 9.68. The van der Waals surface area contributed by atoms with Gasteiger partial charge in [-0.3, -0.25) is 0 Å². The van der Waals surface area contributed by atoms with Crippen LogP contribution in [-0.4, -0.2) is 0 Å². The Labute approximate surface area is 363 Å². The van der Waals surface area contributed by atoms with Crippen molar-refractivity contribution in [1.82, 2.24) is 0 Å². The van der Waals surface area contributed by atoms with Gasteiger partial charge in [-0.1, -0.05) is 218 Å². The van der Waals surface area contributed by atoms with E-state index in [9.17, 15) is 0 Å².